The molecule has 4 N–H and O–H groups in total. The molecule has 0 rings (SSSR count). The van der Waals surface area contributed by atoms with E-state index in [0.717, 1.165) is 7.05 Å². The first kappa shape index (κ1) is 17.2. The quantitative estimate of drug-likeness (QED) is 0.399. The Labute approximate surface area is 97.8 Å². The van der Waals surface area contributed by atoms with Gasteiger partial charge < -0.3 is 5.73 Å². The number of aliphatic imine (C=N–C) groups is 1. The number of halogens is 4. The average molecular weight is 262 g/mol. The highest BCUT2D eigenvalue weighted by molar-refractivity contribution is 5.96. The average Bonchev–Trinajstić information content (AvgIpc) is 2.15. The van der Waals surface area contributed by atoms with Crippen LogP contribution in [0.25, 0.3) is 0 Å². The number of rotatable bonds is 3. The summed E-state index contributed by atoms with van der Waals surface area (Å²) in [5.74, 6) is -0.878. The molecule has 0 fully saturated rings. The number of hydrogen-bond acceptors (Lipinski definition) is 2. The van der Waals surface area contributed by atoms with Crippen molar-refractivity contribution in [1.82, 2.24) is 10.2 Å². The molecule has 0 aromatic rings. The third kappa shape index (κ3) is 5.06. The highest BCUT2D eigenvalue weighted by Gasteiger charge is 2.36. The number of nitrogens with zero attached hydrogens (tertiary/aromatic N) is 2. The third-order valence-corrected chi connectivity index (χ3v) is 1.52. The molecule has 0 heterocycles. The smallest absolute Gasteiger partial charge is 0.355 e. The van der Waals surface area contributed by atoms with Crippen molar-refractivity contribution in [2.45, 2.75) is 13.0 Å². The predicted molar refractivity (Wildman–Crippen MR) is 59.0 cm³/mol. The molecule has 0 aliphatic carbocycles. The van der Waals surface area contributed by atoms with Crippen LogP contribution in [0, 0.1) is 5.41 Å². The van der Waals surface area contributed by atoms with Crippen LogP contribution in [0.4, 0.5) is 13.2 Å². The summed E-state index contributed by atoms with van der Waals surface area (Å²) in [5.41, 5.74) is 4.97. The van der Waals surface area contributed by atoms with E-state index in [4.69, 9.17) is 11.1 Å². The van der Waals surface area contributed by atoms with Gasteiger partial charge in [0.25, 0.3) is 0 Å². The molecule has 0 spiro atoms. The standard InChI is InChI=1S/C7H14F3N5.ClH/c1-3-13-6(14-5(11)12)15(2)7(9,10)4-8;/h3-4H2,1-2H3,(H4,11,12,13,14);1H. The summed E-state index contributed by atoms with van der Waals surface area (Å²) in [4.78, 5) is 3.95. The van der Waals surface area contributed by atoms with Gasteiger partial charge >= 0.3 is 6.05 Å². The fraction of sp³-hybridized carbons (Fsp3) is 0.714. The fourth-order valence-corrected chi connectivity index (χ4v) is 0.744. The zero-order valence-corrected chi connectivity index (χ0v) is 9.74. The van der Waals surface area contributed by atoms with Crippen LogP contribution in [0.3, 0.4) is 0 Å². The fourth-order valence-electron chi connectivity index (χ4n) is 0.744. The highest BCUT2D eigenvalue weighted by Crippen LogP contribution is 2.18. The molecule has 5 nitrogen and oxygen atoms in total. The maximum atomic E-state index is 12.9. The molecule has 0 saturated carbocycles. The maximum absolute atomic E-state index is 12.9. The second-order valence-corrected chi connectivity index (χ2v) is 2.70. The molecule has 0 atom stereocenters. The van der Waals surface area contributed by atoms with Gasteiger partial charge in [0.2, 0.25) is 5.96 Å². The van der Waals surface area contributed by atoms with E-state index in [1.54, 1.807) is 6.92 Å². The first-order valence-electron chi connectivity index (χ1n) is 4.18. The molecule has 0 unspecified atom stereocenters. The van der Waals surface area contributed by atoms with Crippen molar-refractivity contribution in [2.75, 3.05) is 20.3 Å². The van der Waals surface area contributed by atoms with Crippen LogP contribution in [-0.4, -0.2) is 43.1 Å². The minimum atomic E-state index is -3.67. The molecule has 0 aliphatic rings. The maximum Gasteiger partial charge on any atom is 0.355 e. The molecule has 96 valence electrons. The van der Waals surface area contributed by atoms with Crippen molar-refractivity contribution >= 4 is 24.3 Å². The van der Waals surface area contributed by atoms with E-state index < -0.39 is 18.7 Å². The monoisotopic (exact) mass is 261 g/mol. The lowest BCUT2D eigenvalue weighted by Gasteiger charge is -2.28. The normalized spacial score (nSPS) is 11.7. The van der Waals surface area contributed by atoms with Crippen molar-refractivity contribution in [1.29, 1.82) is 5.41 Å². The summed E-state index contributed by atoms with van der Waals surface area (Å²) in [6.07, 6.45) is 0. The molecule has 9 heteroatoms. The van der Waals surface area contributed by atoms with Crippen LogP contribution in [0.1, 0.15) is 6.92 Å². The molecular weight excluding hydrogens is 247 g/mol. The molecule has 0 aromatic carbocycles. The van der Waals surface area contributed by atoms with Crippen molar-refractivity contribution in [3.8, 4) is 0 Å². The Hall–Kier alpha value is -1.18. The highest BCUT2D eigenvalue weighted by atomic mass is 35.5. The lowest BCUT2D eigenvalue weighted by molar-refractivity contribution is -0.114. The van der Waals surface area contributed by atoms with E-state index in [1.807, 2.05) is 0 Å². The van der Waals surface area contributed by atoms with Crippen LogP contribution in [0.5, 0.6) is 0 Å². The van der Waals surface area contributed by atoms with Gasteiger partial charge in [-0.2, -0.15) is 8.78 Å². The summed E-state index contributed by atoms with van der Waals surface area (Å²) in [5, 5.41) is 8.99. The van der Waals surface area contributed by atoms with Gasteiger partial charge in [0.15, 0.2) is 12.6 Å². The number of nitrogens with one attached hydrogen (secondary N) is 2. The van der Waals surface area contributed by atoms with E-state index in [0.29, 0.717) is 4.90 Å². The lowest BCUT2D eigenvalue weighted by atomic mass is 10.5. The molecule has 16 heavy (non-hydrogen) atoms. The Kier molecular flexibility index (Phi) is 7.70. The van der Waals surface area contributed by atoms with E-state index in [1.165, 1.54) is 0 Å². The number of nitrogens with two attached hydrogens (primary N) is 1. The van der Waals surface area contributed by atoms with Crippen LogP contribution in [-0.2, 0) is 0 Å². The van der Waals surface area contributed by atoms with Crippen molar-refractivity contribution in [3.63, 3.8) is 0 Å². The van der Waals surface area contributed by atoms with Gasteiger partial charge in [-0.3, -0.25) is 20.6 Å². The molecule has 0 bridgehead atoms. The molecule has 0 amide bonds. The van der Waals surface area contributed by atoms with E-state index in [9.17, 15) is 13.2 Å². The topological polar surface area (TPSA) is 77.5 Å². The molecule has 0 radical (unpaired) electrons. The summed E-state index contributed by atoms with van der Waals surface area (Å²) in [7, 11) is 0.962. The van der Waals surface area contributed by atoms with Gasteiger partial charge in [0.1, 0.15) is 0 Å². The summed E-state index contributed by atoms with van der Waals surface area (Å²) >= 11 is 0. The minimum absolute atomic E-state index is 0. The Morgan fingerprint density at radius 2 is 2.06 bits per heavy atom. The molecule has 0 aliphatic heterocycles. The van der Waals surface area contributed by atoms with Gasteiger partial charge in [-0.1, -0.05) is 0 Å². The van der Waals surface area contributed by atoms with Gasteiger partial charge in [-0.25, -0.2) is 4.39 Å². The number of guanidine groups is 2. The third-order valence-electron chi connectivity index (χ3n) is 1.52. The zero-order chi connectivity index (χ0) is 12.1. The lowest BCUT2D eigenvalue weighted by Crippen LogP contribution is -2.53. The molecule has 0 saturated heterocycles. The SMILES string of the molecule is CCN=C(NC(=N)N)N(C)C(F)(F)CF.Cl. The van der Waals surface area contributed by atoms with Gasteiger partial charge in [-0.05, 0) is 6.92 Å². The van der Waals surface area contributed by atoms with Crippen molar-refractivity contribution in [2.24, 2.45) is 10.7 Å². The number of alkyl halides is 3. The Balaban J connectivity index is 0. The van der Waals surface area contributed by atoms with E-state index >= 15 is 0 Å². The Bertz CT molecular complexity index is 258. The zero-order valence-electron chi connectivity index (χ0n) is 8.93. The van der Waals surface area contributed by atoms with Crippen LogP contribution in [0.15, 0.2) is 4.99 Å². The minimum Gasteiger partial charge on any atom is -0.370 e. The molecule has 0 aromatic heterocycles. The first-order chi connectivity index (χ1) is 6.85. The Morgan fingerprint density at radius 3 is 2.38 bits per heavy atom. The van der Waals surface area contributed by atoms with Crippen LogP contribution < -0.4 is 11.1 Å². The van der Waals surface area contributed by atoms with Crippen LogP contribution >= 0.6 is 12.4 Å². The predicted octanol–water partition coefficient (Wildman–Crippen LogP) is 0.761. The van der Waals surface area contributed by atoms with Crippen molar-refractivity contribution in [3.05, 3.63) is 0 Å². The second-order valence-electron chi connectivity index (χ2n) is 2.70. The Morgan fingerprint density at radius 1 is 1.56 bits per heavy atom. The molecular formula is C7H15ClF3N5. The van der Waals surface area contributed by atoms with Gasteiger partial charge in [0, 0.05) is 13.6 Å². The largest absolute Gasteiger partial charge is 0.370 e. The first-order valence-corrected chi connectivity index (χ1v) is 4.18. The van der Waals surface area contributed by atoms with E-state index in [-0.39, 0.29) is 24.9 Å². The van der Waals surface area contributed by atoms with E-state index in [2.05, 4.69) is 10.3 Å². The van der Waals surface area contributed by atoms with Crippen molar-refractivity contribution < 1.29 is 13.2 Å². The number of hydrogen-bond donors (Lipinski definition) is 3. The summed E-state index contributed by atoms with van der Waals surface area (Å²) < 4.78 is 37.8. The second kappa shape index (κ2) is 7.15. The summed E-state index contributed by atoms with van der Waals surface area (Å²) in [6, 6.07) is -3.67. The van der Waals surface area contributed by atoms with Gasteiger partial charge in [-0.15, -0.1) is 12.4 Å². The van der Waals surface area contributed by atoms with Crippen LogP contribution in [0.2, 0.25) is 0 Å². The van der Waals surface area contributed by atoms with Gasteiger partial charge in [0.05, 0.1) is 0 Å². The summed E-state index contributed by atoms with van der Waals surface area (Å²) in [6.45, 7) is -0.0165.